The van der Waals surface area contributed by atoms with E-state index in [9.17, 15) is 13.2 Å². The van der Waals surface area contributed by atoms with E-state index in [0.717, 1.165) is 4.90 Å². The summed E-state index contributed by atoms with van der Waals surface area (Å²) in [6, 6.07) is 22.0. The molecule has 0 radical (unpaired) electrons. The maximum absolute atomic E-state index is 12.4. The molecule has 0 fully saturated rings. The number of thioether (sulfide) groups is 1. The average Bonchev–Trinajstić information content (AvgIpc) is 2.68. The Morgan fingerprint density at radius 2 is 1.52 bits per heavy atom. The van der Waals surface area contributed by atoms with Gasteiger partial charge in [-0.2, -0.15) is 0 Å². The third kappa shape index (κ3) is 4.90. The molecular formula is C20H18N2O3S2. The van der Waals surface area contributed by atoms with Crippen molar-refractivity contribution < 1.29 is 13.2 Å². The van der Waals surface area contributed by atoms with E-state index in [1.165, 1.54) is 12.1 Å². The highest BCUT2D eigenvalue weighted by molar-refractivity contribution is 7.98. The van der Waals surface area contributed by atoms with E-state index in [1.54, 1.807) is 66.4 Å². The van der Waals surface area contributed by atoms with E-state index in [-0.39, 0.29) is 10.8 Å². The number of carbonyl (C=O) groups is 1. The van der Waals surface area contributed by atoms with Crippen LogP contribution in [0.25, 0.3) is 0 Å². The largest absolute Gasteiger partial charge is 0.322 e. The monoisotopic (exact) mass is 398 g/mol. The number of benzene rings is 3. The molecule has 3 aromatic carbocycles. The van der Waals surface area contributed by atoms with Crippen molar-refractivity contribution in [2.75, 3.05) is 16.3 Å². The molecule has 0 saturated heterocycles. The minimum atomic E-state index is -3.68. The van der Waals surface area contributed by atoms with Crippen LogP contribution in [-0.2, 0) is 10.0 Å². The summed E-state index contributed by atoms with van der Waals surface area (Å²) in [6.45, 7) is 0. The summed E-state index contributed by atoms with van der Waals surface area (Å²) in [6.07, 6.45) is 1.97. The van der Waals surface area contributed by atoms with Crippen LogP contribution in [0.5, 0.6) is 0 Å². The van der Waals surface area contributed by atoms with Gasteiger partial charge in [0.05, 0.1) is 10.6 Å². The fraction of sp³-hybridized carbons (Fsp3) is 0.0500. The van der Waals surface area contributed by atoms with Gasteiger partial charge < -0.3 is 5.32 Å². The molecule has 0 unspecified atom stereocenters. The molecule has 0 aromatic heterocycles. The Kier molecular flexibility index (Phi) is 5.83. The Balaban J connectivity index is 1.74. The van der Waals surface area contributed by atoms with Crippen molar-refractivity contribution in [3.8, 4) is 0 Å². The van der Waals surface area contributed by atoms with E-state index >= 15 is 0 Å². The van der Waals surface area contributed by atoms with Crippen LogP contribution in [0.3, 0.4) is 0 Å². The lowest BCUT2D eigenvalue weighted by molar-refractivity contribution is 0.102. The van der Waals surface area contributed by atoms with Gasteiger partial charge in [0.2, 0.25) is 0 Å². The Morgan fingerprint density at radius 1 is 0.852 bits per heavy atom. The maximum Gasteiger partial charge on any atom is 0.261 e. The molecule has 7 heteroatoms. The van der Waals surface area contributed by atoms with Gasteiger partial charge >= 0.3 is 0 Å². The highest BCUT2D eigenvalue weighted by Crippen LogP contribution is 2.21. The second-order valence-corrected chi connectivity index (χ2v) is 8.24. The van der Waals surface area contributed by atoms with Crippen molar-refractivity contribution in [1.29, 1.82) is 0 Å². The van der Waals surface area contributed by atoms with Crippen LogP contribution in [-0.4, -0.2) is 20.6 Å². The molecule has 0 spiro atoms. The minimum Gasteiger partial charge on any atom is -0.322 e. The van der Waals surface area contributed by atoms with Crippen molar-refractivity contribution in [2.45, 2.75) is 9.79 Å². The standard InChI is InChI=1S/C20H18N2O3S2/c1-26-18-12-10-15(11-13-18)20(23)21-16-6-5-7-17(14-16)22-27(24,25)19-8-3-2-4-9-19/h2-14,22H,1H3,(H,21,23). The van der Waals surface area contributed by atoms with Gasteiger partial charge in [-0.3, -0.25) is 9.52 Å². The fourth-order valence-corrected chi connectivity index (χ4v) is 3.90. The van der Waals surface area contributed by atoms with Crippen molar-refractivity contribution in [3.63, 3.8) is 0 Å². The molecule has 1 amide bonds. The summed E-state index contributed by atoms with van der Waals surface area (Å²) >= 11 is 1.60. The Labute approximate surface area is 162 Å². The van der Waals surface area contributed by atoms with Crippen LogP contribution < -0.4 is 10.0 Å². The van der Waals surface area contributed by atoms with Gasteiger partial charge in [0, 0.05) is 16.1 Å². The van der Waals surface area contributed by atoms with E-state index in [1.807, 2.05) is 18.4 Å². The molecule has 0 saturated carbocycles. The van der Waals surface area contributed by atoms with Gasteiger partial charge in [0.25, 0.3) is 15.9 Å². The zero-order valence-electron chi connectivity index (χ0n) is 14.5. The van der Waals surface area contributed by atoms with Crippen LogP contribution in [0.15, 0.2) is 88.7 Å². The summed E-state index contributed by atoms with van der Waals surface area (Å²) in [5, 5.41) is 2.78. The number of hydrogen-bond acceptors (Lipinski definition) is 4. The van der Waals surface area contributed by atoms with Gasteiger partial charge in [0.1, 0.15) is 0 Å². The zero-order chi connectivity index (χ0) is 19.3. The summed E-state index contributed by atoms with van der Waals surface area (Å²) in [5.74, 6) is -0.259. The summed E-state index contributed by atoms with van der Waals surface area (Å²) in [5.41, 5.74) is 1.40. The summed E-state index contributed by atoms with van der Waals surface area (Å²) < 4.78 is 27.4. The number of nitrogens with one attached hydrogen (secondary N) is 2. The molecule has 2 N–H and O–H groups in total. The van der Waals surface area contributed by atoms with E-state index in [4.69, 9.17) is 0 Å². The third-order valence-electron chi connectivity index (χ3n) is 3.78. The normalized spacial score (nSPS) is 11.0. The van der Waals surface area contributed by atoms with Crippen molar-refractivity contribution in [3.05, 3.63) is 84.4 Å². The van der Waals surface area contributed by atoms with Gasteiger partial charge in [-0.05, 0) is 60.9 Å². The predicted molar refractivity (Wildman–Crippen MR) is 110 cm³/mol. The zero-order valence-corrected chi connectivity index (χ0v) is 16.2. The van der Waals surface area contributed by atoms with Gasteiger partial charge in [-0.25, -0.2) is 8.42 Å². The molecule has 5 nitrogen and oxygen atoms in total. The first-order valence-electron chi connectivity index (χ1n) is 8.11. The van der Waals surface area contributed by atoms with Crippen LogP contribution in [0.1, 0.15) is 10.4 Å². The Morgan fingerprint density at radius 3 is 2.19 bits per heavy atom. The average molecular weight is 399 g/mol. The Bertz CT molecular complexity index is 1030. The molecule has 0 aliphatic rings. The van der Waals surface area contributed by atoms with Crippen LogP contribution >= 0.6 is 11.8 Å². The molecule has 27 heavy (non-hydrogen) atoms. The number of amides is 1. The lowest BCUT2D eigenvalue weighted by Gasteiger charge is -2.10. The van der Waals surface area contributed by atoms with Crippen LogP contribution in [0.2, 0.25) is 0 Å². The minimum absolute atomic E-state index is 0.174. The molecule has 3 rings (SSSR count). The highest BCUT2D eigenvalue weighted by Gasteiger charge is 2.14. The lowest BCUT2D eigenvalue weighted by Crippen LogP contribution is -2.14. The number of hydrogen-bond donors (Lipinski definition) is 2. The van der Waals surface area contributed by atoms with Crippen molar-refractivity contribution >= 4 is 39.1 Å². The van der Waals surface area contributed by atoms with E-state index in [0.29, 0.717) is 16.9 Å². The molecule has 0 atom stereocenters. The lowest BCUT2D eigenvalue weighted by atomic mass is 10.2. The predicted octanol–water partition coefficient (Wildman–Crippen LogP) is 4.46. The number of carbonyl (C=O) groups excluding carboxylic acids is 1. The van der Waals surface area contributed by atoms with Gasteiger partial charge in [0.15, 0.2) is 0 Å². The third-order valence-corrected chi connectivity index (χ3v) is 5.92. The van der Waals surface area contributed by atoms with Crippen molar-refractivity contribution in [2.24, 2.45) is 0 Å². The highest BCUT2D eigenvalue weighted by atomic mass is 32.2. The number of sulfonamides is 1. The molecule has 0 heterocycles. The smallest absolute Gasteiger partial charge is 0.261 e. The van der Waals surface area contributed by atoms with Gasteiger partial charge in [-0.15, -0.1) is 11.8 Å². The first-order chi connectivity index (χ1) is 13.0. The number of anilines is 2. The molecule has 0 aliphatic heterocycles. The SMILES string of the molecule is CSc1ccc(C(=O)Nc2cccc(NS(=O)(=O)c3ccccc3)c2)cc1. The molecule has 3 aromatic rings. The fourth-order valence-electron chi connectivity index (χ4n) is 2.42. The second kappa shape index (κ2) is 8.28. The summed E-state index contributed by atoms with van der Waals surface area (Å²) in [4.78, 5) is 13.6. The molecule has 138 valence electrons. The first kappa shape index (κ1) is 19.0. The molecule has 0 bridgehead atoms. The molecular weight excluding hydrogens is 380 g/mol. The van der Waals surface area contributed by atoms with Crippen LogP contribution in [0, 0.1) is 0 Å². The molecule has 0 aliphatic carbocycles. The van der Waals surface area contributed by atoms with Gasteiger partial charge in [-0.1, -0.05) is 24.3 Å². The Hall–Kier alpha value is -2.77. The summed E-state index contributed by atoms with van der Waals surface area (Å²) in [7, 11) is -3.68. The topological polar surface area (TPSA) is 75.3 Å². The quantitative estimate of drug-likeness (QED) is 0.601. The maximum atomic E-state index is 12.4. The van der Waals surface area contributed by atoms with Crippen LogP contribution in [0.4, 0.5) is 11.4 Å². The second-order valence-electron chi connectivity index (χ2n) is 5.68. The van der Waals surface area contributed by atoms with E-state index in [2.05, 4.69) is 10.0 Å². The number of rotatable bonds is 6. The van der Waals surface area contributed by atoms with Crippen molar-refractivity contribution in [1.82, 2.24) is 0 Å². The van der Waals surface area contributed by atoms with E-state index < -0.39 is 10.0 Å². The first-order valence-corrected chi connectivity index (χ1v) is 10.8.